The fraction of sp³-hybridized carbons (Fsp3) is 0.143. The van der Waals surface area contributed by atoms with Gasteiger partial charge in [-0.3, -0.25) is 0 Å². The maximum atomic E-state index is 13.0. The molecule has 100 valence electrons. The molecule has 0 unspecified atom stereocenters. The maximum Gasteiger partial charge on any atom is 0.125 e. The summed E-state index contributed by atoms with van der Waals surface area (Å²) >= 11 is 9.29. The summed E-state index contributed by atoms with van der Waals surface area (Å²) in [5.74, 6) is 0.469. The normalized spacial score (nSPS) is 10.3. The molecule has 0 amide bonds. The average molecular weight is 345 g/mol. The number of hydrogen-bond acceptors (Lipinski definition) is 2. The summed E-state index contributed by atoms with van der Waals surface area (Å²) in [6.45, 7) is 1.01. The molecule has 2 rings (SSSR count). The highest BCUT2D eigenvalue weighted by molar-refractivity contribution is 9.10. The van der Waals surface area contributed by atoms with Crippen LogP contribution >= 0.6 is 27.5 Å². The number of benzene rings is 2. The van der Waals surface area contributed by atoms with Crippen LogP contribution in [0.3, 0.4) is 0 Å². The molecule has 2 nitrogen and oxygen atoms in total. The second-order valence-corrected chi connectivity index (χ2v) is 5.18. The van der Waals surface area contributed by atoms with Gasteiger partial charge in [0.15, 0.2) is 0 Å². The quantitative estimate of drug-likeness (QED) is 0.792. The van der Waals surface area contributed by atoms with E-state index in [4.69, 9.17) is 16.3 Å². The van der Waals surface area contributed by atoms with Crippen LogP contribution in [-0.4, -0.2) is 13.2 Å². The monoisotopic (exact) mass is 343 g/mol. The SMILES string of the molecule is Fc1ccc(Cl)c(NCCOc2ccc(Br)cc2)c1. The third kappa shape index (κ3) is 4.40. The molecule has 0 aliphatic carbocycles. The summed E-state index contributed by atoms with van der Waals surface area (Å²) < 4.78 is 19.6. The maximum absolute atomic E-state index is 13.0. The zero-order valence-electron chi connectivity index (χ0n) is 10.00. The van der Waals surface area contributed by atoms with Crippen molar-refractivity contribution in [3.63, 3.8) is 0 Å². The Morgan fingerprint density at radius 2 is 1.89 bits per heavy atom. The first-order valence-electron chi connectivity index (χ1n) is 5.72. The van der Waals surface area contributed by atoms with Crippen LogP contribution in [0.15, 0.2) is 46.9 Å². The Kier molecular flexibility index (Phi) is 5.05. The molecule has 19 heavy (non-hydrogen) atoms. The van der Waals surface area contributed by atoms with Crippen molar-refractivity contribution in [3.05, 3.63) is 57.8 Å². The third-order valence-electron chi connectivity index (χ3n) is 2.43. The molecule has 0 aliphatic rings. The molecule has 0 atom stereocenters. The van der Waals surface area contributed by atoms with Crippen molar-refractivity contribution in [1.29, 1.82) is 0 Å². The zero-order chi connectivity index (χ0) is 13.7. The lowest BCUT2D eigenvalue weighted by atomic mass is 10.3. The molecule has 2 aromatic rings. The van der Waals surface area contributed by atoms with Gasteiger partial charge in [0.1, 0.15) is 18.2 Å². The number of anilines is 1. The Morgan fingerprint density at radius 3 is 2.63 bits per heavy atom. The van der Waals surface area contributed by atoms with Crippen molar-refractivity contribution in [2.45, 2.75) is 0 Å². The average Bonchev–Trinajstić information content (AvgIpc) is 2.40. The van der Waals surface area contributed by atoms with E-state index in [2.05, 4.69) is 21.2 Å². The number of rotatable bonds is 5. The van der Waals surface area contributed by atoms with E-state index < -0.39 is 0 Å². The van der Waals surface area contributed by atoms with Gasteiger partial charge in [0, 0.05) is 11.0 Å². The van der Waals surface area contributed by atoms with Crippen molar-refractivity contribution >= 4 is 33.2 Å². The Labute approximate surface area is 124 Å². The first kappa shape index (κ1) is 14.2. The molecule has 0 radical (unpaired) electrons. The van der Waals surface area contributed by atoms with E-state index in [1.165, 1.54) is 18.2 Å². The minimum absolute atomic E-state index is 0.319. The Bertz CT molecular complexity index is 548. The lowest BCUT2D eigenvalue weighted by Gasteiger charge is -2.10. The van der Waals surface area contributed by atoms with E-state index in [1.54, 1.807) is 0 Å². The molecule has 0 fully saturated rings. The fourth-order valence-electron chi connectivity index (χ4n) is 1.52. The predicted octanol–water partition coefficient (Wildman–Crippen LogP) is 4.73. The van der Waals surface area contributed by atoms with Gasteiger partial charge in [-0.25, -0.2) is 4.39 Å². The van der Waals surface area contributed by atoms with Gasteiger partial charge in [0.2, 0.25) is 0 Å². The van der Waals surface area contributed by atoms with E-state index in [0.717, 1.165) is 10.2 Å². The van der Waals surface area contributed by atoms with Crippen LogP contribution in [-0.2, 0) is 0 Å². The van der Waals surface area contributed by atoms with Gasteiger partial charge in [-0.05, 0) is 42.5 Å². The van der Waals surface area contributed by atoms with Crippen LogP contribution in [0.2, 0.25) is 5.02 Å². The molecule has 0 saturated heterocycles. The van der Waals surface area contributed by atoms with E-state index in [9.17, 15) is 4.39 Å². The van der Waals surface area contributed by atoms with E-state index in [-0.39, 0.29) is 5.82 Å². The number of nitrogens with one attached hydrogen (secondary N) is 1. The van der Waals surface area contributed by atoms with Crippen LogP contribution in [0.4, 0.5) is 10.1 Å². The molecule has 0 aromatic heterocycles. The van der Waals surface area contributed by atoms with Crippen molar-refractivity contribution in [1.82, 2.24) is 0 Å². The standard InChI is InChI=1S/C14H12BrClFNO/c15-10-1-4-12(5-2-10)19-8-7-18-14-9-11(17)3-6-13(14)16/h1-6,9,18H,7-8H2. The smallest absolute Gasteiger partial charge is 0.125 e. The van der Waals surface area contributed by atoms with E-state index >= 15 is 0 Å². The Hall–Kier alpha value is -1.26. The number of halogens is 3. The van der Waals surface area contributed by atoms with Crippen LogP contribution in [0.1, 0.15) is 0 Å². The lowest BCUT2D eigenvalue weighted by molar-refractivity contribution is 0.333. The van der Waals surface area contributed by atoms with Crippen molar-refractivity contribution in [2.75, 3.05) is 18.5 Å². The fourth-order valence-corrected chi connectivity index (χ4v) is 1.97. The van der Waals surface area contributed by atoms with Crippen molar-refractivity contribution < 1.29 is 9.13 Å². The molecular weight excluding hydrogens is 333 g/mol. The van der Waals surface area contributed by atoms with Crippen LogP contribution in [0, 0.1) is 5.82 Å². The highest BCUT2D eigenvalue weighted by atomic mass is 79.9. The second kappa shape index (κ2) is 6.78. The predicted molar refractivity (Wildman–Crippen MR) is 79.5 cm³/mol. The highest BCUT2D eigenvalue weighted by Gasteiger charge is 2.01. The van der Waals surface area contributed by atoms with Crippen LogP contribution < -0.4 is 10.1 Å². The van der Waals surface area contributed by atoms with Gasteiger partial charge in [0.05, 0.1) is 10.7 Å². The van der Waals surface area contributed by atoms with Crippen molar-refractivity contribution in [3.8, 4) is 5.75 Å². The van der Waals surface area contributed by atoms with E-state index in [1.807, 2.05) is 24.3 Å². The molecule has 0 spiro atoms. The van der Waals surface area contributed by atoms with Crippen LogP contribution in [0.5, 0.6) is 5.75 Å². The Balaban J connectivity index is 1.80. The summed E-state index contributed by atoms with van der Waals surface area (Å²) in [5.41, 5.74) is 0.570. The first-order valence-corrected chi connectivity index (χ1v) is 6.89. The zero-order valence-corrected chi connectivity index (χ0v) is 12.3. The first-order chi connectivity index (χ1) is 9.15. The third-order valence-corrected chi connectivity index (χ3v) is 3.29. The number of ether oxygens (including phenoxy) is 1. The van der Waals surface area contributed by atoms with Gasteiger partial charge in [0.25, 0.3) is 0 Å². The highest BCUT2D eigenvalue weighted by Crippen LogP contribution is 2.22. The summed E-state index contributed by atoms with van der Waals surface area (Å²) in [5, 5.41) is 3.52. The summed E-state index contributed by atoms with van der Waals surface area (Å²) in [4.78, 5) is 0. The lowest BCUT2D eigenvalue weighted by Crippen LogP contribution is -2.11. The summed E-state index contributed by atoms with van der Waals surface area (Å²) in [7, 11) is 0. The molecule has 1 N–H and O–H groups in total. The summed E-state index contributed by atoms with van der Waals surface area (Å²) in [6.07, 6.45) is 0. The minimum Gasteiger partial charge on any atom is -0.492 e. The summed E-state index contributed by atoms with van der Waals surface area (Å²) in [6, 6.07) is 11.8. The van der Waals surface area contributed by atoms with Gasteiger partial charge in [-0.2, -0.15) is 0 Å². The number of hydrogen-bond donors (Lipinski definition) is 1. The minimum atomic E-state index is -0.319. The van der Waals surface area contributed by atoms with Crippen molar-refractivity contribution in [2.24, 2.45) is 0 Å². The topological polar surface area (TPSA) is 21.3 Å². The van der Waals surface area contributed by atoms with Crippen LogP contribution in [0.25, 0.3) is 0 Å². The molecule has 2 aromatic carbocycles. The molecule has 0 saturated carbocycles. The Morgan fingerprint density at radius 1 is 1.16 bits per heavy atom. The largest absolute Gasteiger partial charge is 0.492 e. The molecule has 0 aliphatic heterocycles. The molecular formula is C14H12BrClFNO. The molecule has 0 bridgehead atoms. The van der Waals surface area contributed by atoms with Gasteiger partial charge < -0.3 is 10.1 Å². The van der Waals surface area contributed by atoms with Gasteiger partial charge in [-0.15, -0.1) is 0 Å². The van der Waals surface area contributed by atoms with E-state index in [0.29, 0.717) is 23.9 Å². The second-order valence-electron chi connectivity index (χ2n) is 3.85. The van der Waals surface area contributed by atoms with Gasteiger partial charge >= 0.3 is 0 Å². The molecule has 0 heterocycles. The van der Waals surface area contributed by atoms with Gasteiger partial charge in [-0.1, -0.05) is 27.5 Å². The molecule has 5 heteroatoms.